The summed E-state index contributed by atoms with van der Waals surface area (Å²) in [5.41, 5.74) is 5.34. The minimum atomic E-state index is -0.393. The van der Waals surface area contributed by atoms with Gasteiger partial charge in [0.15, 0.2) is 18.1 Å². The van der Waals surface area contributed by atoms with Gasteiger partial charge in [0.25, 0.3) is 11.8 Å². The number of hydrogen-bond acceptors (Lipinski definition) is 6. The molecule has 0 saturated carbocycles. The molecule has 3 aromatic rings. The van der Waals surface area contributed by atoms with Crippen molar-refractivity contribution in [2.75, 3.05) is 26.1 Å². The summed E-state index contributed by atoms with van der Waals surface area (Å²) in [7, 11) is 3.02. The summed E-state index contributed by atoms with van der Waals surface area (Å²) in [6.07, 6.45) is 1.50. The highest BCUT2D eigenvalue weighted by Crippen LogP contribution is 2.28. The summed E-state index contributed by atoms with van der Waals surface area (Å²) >= 11 is 3.43. The first-order valence-electron chi connectivity index (χ1n) is 10.2. The van der Waals surface area contributed by atoms with Gasteiger partial charge in [0.05, 0.1) is 24.9 Å². The molecule has 0 aromatic heterocycles. The van der Waals surface area contributed by atoms with Gasteiger partial charge in [-0.3, -0.25) is 9.59 Å². The molecule has 8 nitrogen and oxygen atoms in total. The number of ether oxygens (including phenoxy) is 3. The fourth-order valence-electron chi connectivity index (χ4n) is 2.99. The number of amides is 2. The Bertz CT molecular complexity index is 1210. The summed E-state index contributed by atoms with van der Waals surface area (Å²) in [4.78, 5) is 24.5. The van der Waals surface area contributed by atoms with Gasteiger partial charge in [-0.25, -0.2) is 5.43 Å². The molecule has 9 heteroatoms. The number of nitrogens with one attached hydrogen (secondary N) is 2. The maximum absolute atomic E-state index is 12.3. The van der Waals surface area contributed by atoms with Gasteiger partial charge in [0.1, 0.15) is 5.75 Å². The lowest BCUT2D eigenvalue weighted by Crippen LogP contribution is -2.20. The van der Waals surface area contributed by atoms with Gasteiger partial charge in [-0.05, 0) is 82.5 Å². The van der Waals surface area contributed by atoms with Crippen LogP contribution in [0.25, 0.3) is 0 Å². The Morgan fingerprint density at radius 1 is 0.971 bits per heavy atom. The van der Waals surface area contributed by atoms with E-state index in [0.717, 1.165) is 11.1 Å². The number of anilines is 1. The van der Waals surface area contributed by atoms with Crippen LogP contribution < -0.4 is 25.0 Å². The molecule has 0 aliphatic heterocycles. The van der Waals surface area contributed by atoms with Crippen LogP contribution >= 0.6 is 15.9 Å². The Morgan fingerprint density at radius 3 is 2.44 bits per heavy atom. The molecule has 176 valence electrons. The number of benzene rings is 3. The van der Waals surface area contributed by atoms with Crippen LogP contribution in [-0.2, 0) is 4.79 Å². The molecule has 34 heavy (non-hydrogen) atoms. The minimum Gasteiger partial charge on any atom is -0.493 e. The van der Waals surface area contributed by atoms with Crippen LogP contribution in [0.2, 0.25) is 0 Å². The van der Waals surface area contributed by atoms with E-state index in [9.17, 15) is 9.59 Å². The van der Waals surface area contributed by atoms with E-state index in [2.05, 4.69) is 31.8 Å². The van der Waals surface area contributed by atoms with Crippen LogP contribution in [0.1, 0.15) is 21.5 Å². The van der Waals surface area contributed by atoms with Gasteiger partial charge in [-0.1, -0.05) is 12.1 Å². The second-order valence-electron chi connectivity index (χ2n) is 7.17. The topological polar surface area (TPSA) is 98.3 Å². The highest BCUT2D eigenvalue weighted by Gasteiger charge is 2.10. The third-order valence-corrected chi connectivity index (χ3v) is 5.26. The molecule has 2 N–H and O–H groups in total. The van der Waals surface area contributed by atoms with Gasteiger partial charge in [0, 0.05) is 11.3 Å². The van der Waals surface area contributed by atoms with Crippen LogP contribution in [-0.4, -0.2) is 38.9 Å². The van der Waals surface area contributed by atoms with E-state index in [1.54, 1.807) is 36.4 Å². The predicted molar refractivity (Wildman–Crippen MR) is 134 cm³/mol. The van der Waals surface area contributed by atoms with E-state index in [1.807, 2.05) is 31.2 Å². The smallest absolute Gasteiger partial charge is 0.271 e. The van der Waals surface area contributed by atoms with E-state index in [0.29, 0.717) is 33.0 Å². The molecule has 0 fully saturated rings. The van der Waals surface area contributed by atoms with E-state index >= 15 is 0 Å². The lowest BCUT2D eigenvalue weighted by Gasteiger charge is -2.10. The third kappa shape index (κ3) is 6.82. The zero-order chi connectivity index (χ0) is 24.5. The van der Waals surface area contributed by atoms with Crippen LogP contribution in [0.3, 0.4) is 0 Å². The van der Waals surface area contributed by atoms with E-state index in [4.69, 9.17) is 14.2 Å². The molecule has 0 atom stereocenters. The molecular weight excluding hydrogens is 502 g/mol. The van der Waals surface area contributed by atoms with E-state index in [-0.39, 0.29) is 12.5 Å². The standard InChI is InChI=1S/C25H24BrN3O5/c1-16-5-4-6-19(11-16)28-24(30)15-34-21-9-7-17(12-20(21)26)14-27-29-25(31)18-8-10-22(32-2)23(13-18)33-3/h4-14H,15H2,1-3H3,(H,28,30)(H,29,31)/b27-14+. The zero-order valence-electron chi connectivity index (χ0n) is 18.9. The van der Waals surface area contributed by atoms with E-state index in [1.165, 1.54) is 20.4 Å². The monoisotopic (exact) mass is 525 g/mol. The number of carbonyl (C=O) groups excluding carboxylic acids is 2. The van der Waals surface area contributed by atoms with Gasteiger partial charge in [-0.2, -0.15) is 5.10 Å². The quantitative estimate of drug-likeness (QED) is 0.315. The molecule has 0 bridgehead atoms. The van der Waals surface area contributed by atoms with Crippen molar-refractivity contribution in [3.63, 3.8) is 0 Å². The average molecular weight is 526 g/mol. The van der Waals surface area contributed by atoms with Crippen LogP contribution in [0.5, 0.6) is 17.2 Å². The van der Waals surface area contributed by atoms with Crippen molar-refractivity contribution < 1.29 is 23.8 Å². The maximum atomic E-state index is 12.3. The van der Waals surface area contributed by atoms with Crippen molar-refractivity contribution in [1.82, 2.24) is 5.43 Å². The summed E-state index contributed by atoms with van der Waals surface area (Å²) in [6, 6.07) is 17.6. The molecule has 0 saturated heterocycles. The van der Waals surface area contributed by atoms with Crippen LogP contribution in [0, 0.1) is 6.92 Å². The van der Waals surface area contributed by atoms with Gasteiger partial charge in [-0.15, -0.1) is 0 Å². The normalized spacial score (nSPS) is 10.6. The van der Waals surface area contributed by atoms with Crippen molar-refractivity contribution in [3.05, 3.63) is 81.8 Å². The molecule has 0 unspecified atom stereocenters. The fourth-order valence-corrected chi connectivity index (χ4v) is 3.50. The first-order valence-corrected chi connectivity index (χ1v) is 11.0. The predicted octanol–water partition coefficient (Wildman–Crippen LogP) is 4.56. The second kappa shape index (κ2) is 11.9. The Balaban J connectivity index is 1.54. The lowest BCUT2D eigenvalue weighted by atomic mass is 10.2. The SMILES string of the molecule is COc1ccc(C(=O)N/N=C/c2ccc(OCC(=O)Nc3cccc(C)c3)c(Br)c2)cc1OC. The van der Waals surface area contributed by atoms with Gasteiger partial charge >= 0.3 is 0 Å². The van der Waals surface area contributed by atoms with Gasteiger partial charge in [0.2, 0.25) is 0 Å². The Labute approximate surface area is 206 Å². The number of halogens is 1. The first-order chi connectivity index (χ1) is 16.4. The second-order valence-corrected chi connectivity index (χ2v) is 8.02. The Kier molecular flexibility index (Phi) is 8.64. The minimum absolute atomic E-state index is 0.138. The largest absolute Gasteiger partial charge is 0.493 e. The molecule has 3 aromatic carbocycles. The van der Waals surface area contributed by atoms with Crippen molar-refractivity contribution in [2.24, 2.45) is 5.10 Å². The summed E-state index contributed by atoms with van der Waals surface area (Å²) in [5.74, 6) is 0.830. The maximum Gasteiger partial charge on any atom is 0.271 e. The molecule has 0 spiro atoms. The number of hydrazone groups is 1. The number of carbonyl (C=O) groups is 2. The molecule has 3 rings (SSSR count). The van der Waals surface area contributed by atoms with Crippen LogP contribution in [0.4, 0.5) is 5.69 Å². The lowest BCUT2D eigenvalue weighted by molar-refractivity contribution is -0.118. The van der Waals surface area contributed by atoms with Crippen molar-refractivity contribution in [3.8, 4) is 17.2 Å². The summed E-state index contributed by atoms with van der Waals surface area (Å²) in [6.45, 7) is 1.82. The summed E-state index contributed by atoms with van der Waals surface area (Å²) < 4.78 is 16.6. The van der Waals surface area contributed by atoms with E-state index < -0.39 is 5.91 Å². The van der Waals surface area contributed by atoms with Crippen molar-refractivity contribution in [1.29, 1.82) is 0 Å². The first kappa shape index (κ1) is 24.8. The number of nitrogens with zero attached hydrogens (tertiary/aromatic N) is 1. The molecule has 0 aliphatic carbocycles. The Morgan fingerprint density at radius 2 is 1.74 bits per heavy atom. The third-order valence-electron chi connectivity index (χ3n) is 4.64. The fraction of sp³-hybridized carbons (Fsp3) is 0.160. The van der Waals surface area contributed by atoms with Crippen molar-refractivity contribution >= 4 is 39.6 Å². The number of methoxy groups -OCH3 is 2. The highest BCUT2D eigenvalue weighted by molar-refractivity contribution is 9.10. The van der Waals surface area contributed by atoms with Crippen LogP contribution in [0.15, 0.2) is 70.2 Å². The average Bonchev–Trinajstić information content (AvgIpc) is 2.83. The molecule has 0 aliphatic rings. The summed E-state index contributed by atoms with van der Waals surface area (Å²) in [5, 5.41) is 6.79. The highest BCUT2D eigenvalue weighted by atomic mass is 79.9. The Hall–Kier alpha value is -3.85. The molecular formula is C25H24BrN3O5. The zero-order valence-corrected chi connectivity index (χ0v) is 20.5. The molecule has 0 heterocycles. The number of aryl methyl sites for hydroxylation is 1. The van der Waals surface area contributed by atoms with Gasteiger partial charge < -0.3 is 19.5 Å². The molecule has 2 amide bonds. The number of rotatable bonds is 9. The molecule has 0 radical (unpaired) electrons. The number of hydrogen-bond donors (Lipinski definition) is 2. The van der Waals surface area contributed by atoms with Crippen molar-refractivity contribution in [2.45, 2.75) is 6.92 Å².